The Balaban J connectivity index is 2.15. The Morgan fingerprint density at radius 3 is 2.38 bits per heavy atom. The fourth-order valence-electron chi connectivity index (χ4n) is 3.04. The van der Waals surface area contributed by atoms with Crippen LogP contribution in [0.4, 0.5) is 0 Å². The molecule has 120 valence electrons. The Labute approximate surface area is 133 Å². The van der Waals surface area contributed by atoms with Crippen LogP contribution in [0.2, 0.25) is 0 Å². The largest absolute Gasteiger partial charge is 0.0885 e. The van der Waals surface area contributed by atoms with E-state index < -0.39 is 0 Å². The maximum atomic E-state index is 2.46. The minimum absolute atomic E-state index is 0.691. The van der Waals surface area contributed by atoms with Crippen molar-refractivity contribution in [2.45, 2.75) is 84.5 Å². The third-order valence-electron chi connectivity index (χ3n) is 4.50. The van der Waals surface area contributed by atoms with Gasteiger partial charge in [0.05, 0.1) is 0 Å². The molecule has 1 aliphatic rings. The Hall–Kier alpha value is -0.780. The summed E-state index contributed by atoms with van der Waals surface area (Å²) < 4.78 is 0. The zero-order valence-corrected chi connectivity index (χ0v) is 14.4. The monoisotopic (exact) mass is 288 g/mol. The molecule has 0 fully saturated rings. The topological polar surface area (TPSA) is 0 Å². The molecule has 0 saturated carbocycles. The molecule has 1 aliphatic carbocycles. The van der Waals surface area contributed by atoms with Crippen LogP contribution in [0.5, 0.6) is 0 Å². The summed E-state index contributed by atoms with van der Waals surface area (Å²) in [4.78, 5) is 0. The maximum Gasteiger partial charge on any atom is -0.00193 e. The number of hydrogen-bond donors (Lipinski definition) is 0. The standard InChI is InChI=1S/C21H36/c1-3-5-7-9-11-13-16-20-18-15-19-21(20)17-14-12-10-8-6-4-2/h11,13-15,17,19-21H,3-10,12,16,18H2,1-2H3/b13-11-,17-14?/t20-,21-/m0/s1. The molecule has 0 spiro atoms. The van der Waals surface area contributed by atoms with Crippen LogP contribution in [0.1, 0.15) is 84.5 Å². The van der Waals surface area contributed by atoms with Gasteiger partial charge < -0.3 is 0 Å². The van der Waals surface area contributed by atoms with Gasteiger partial charge in [0.25, 0.3) is 0 Å². The molecule has 0 amide bonds. The summed E-state index contributed by atoms with van der Waals surface area (Å²) in [5, 5.41) is 0. The lowest BCUT2D eigenvalue weighted by atomic mass is 9.91. The van der Waals surface area contributed by atoms with Gasteiger partial charge in [-0.2, -0.15) is 0 Å². The fourth-order valence-corrected chi connectivity index (χ4v) is 3.04. The molecule has 0 aromatic carbocycles. The fraction of sp³-hybridized carbons (Fsp3) is 0.714. The van der Waals surface area contributed by atoms with E-state index in [9.17, 15) is 0 Å². The van der Waals surface area contributed by atoms with Crippen LogP contribution in [0.15, 0.2) is 36.5 Å². The summed E-state index contributed by atoms with van der Waals surface area (Å²) in [5.41, 5.74) is 0. The summed E-state index contributed by atoms with van der Waals surface area (Å²) in [6, 6.07) is 0. The normalized spacial score (nSPS) is 22.0. The SMILES string of the molecule is CCCCC/C=C\C[C@H]1CC=C[C@@H]1C=CCCCCCC. The highest BCUT2D eigenvalue weighted by Crippen LogP contribution is 2.30. The van der Waals surface area contributed by atoms with Crippen molar-refractivity contribution in [3.8, 4) is 0 Å². The van der Waals surface area contributed by atoms with Gasteiger partial charge in [-0.3, -0.25) is 0 Å². The minimum Gasteiger partial charge on any atom is -0.0885 e. The van der Waals surface area contributed by atoms with Crippen molar-refractivity contribution >= 4 is 0 Å². The van der Waals surface area contributed by atoms with Crippen LogP contribution in [0.3, 0.4) is 0 Å². The zero-order valence-electron chi connectivity index (χ0n) is 14.4. The molecule has 0 N–H and O–H groups in total. The van der Waals surface area contributed by atoms with Crippen molar-refractivity contribution < 1.29 is 0 Å². The first kappa shape index (κ1) is 18.3. The van der Waals surface area contributed by atoms with Gasteiger partial charge in [0.15, 0.2) is 0 Å². The van der Waals surface area contributed by atoms with E-state index >= 15 is 0 Å². The molecule has 2 atom stereocenters. The summed E-state index contributed by atoms with van der Waals surface area (Å²) in [5.74, 6) is 1.51. The highest BCUT2D eigenvalue weighted by Gasteiger charge is 2.18. The van der Waals surface area contributed by atoms with Gasteiger partial charge in [0.1, 0.15) is 0 Å². The average molecular weight is 289 g/mol. The summed E-state index contributed by atoms with van der Waals surface area (Å²) in [7, 11) is 0. The van der Waals surface area contributed by atoms with Gasteiger partial charge >= 0.3 is 0 Å². The molecule has 0 nitrogen and oxygen atoms in total. The molecular weight excluding hydrogens is 252 g/mol. The molecule has 0 heteroatoms. The van der Waals surface area contributed by atoms with Gasteiger partial charge in [0, 0.05) is 0 Å². The lowest BCUT2D eigenvalue weighted by Gasteiger charge is -2.13. The predicted molar refractivity (Wildman–Crippen MR) is 96.5 cm³/mol. The van der Waals surface area contributed by atoms with E-state index in [1.807, 2.05) is 0 Å². The first-order valence-electron chi connectivity index (χ1n) is 9.36. The molecule has 0 unspecified atom stereocenters. The van der Waals surface area contributed by atoms with Gasteiger partial charge in [-0.05, 0) is 50.4 Å². The predicted octanol–water partition coefficient (Wildman–Crippen LogP) is 7.23. The Morgan fingerprint density at radius 1 is 0.857 bits per heavy atom. The second-order valence-electron chi connectivity index (χ2n) is 6.48. The van der Waals surface area contributed by atoms with Crippen LogP contribution in [0, 0.1) is 11.8 Å². The van der Waals surface area contributed by atoms with E-state index in [0.717, 1.165) is 5.92 Å². The van der Waals surface area contributed by atoms with Crippen LogP contribution in [-0.2, 0) is 0 Å². The molecule has 0 aromatic heterocycles. The van der Waals surface area contributed by atoms with Crippen LogP contribution >= 0.6 is 0 Å². The third kappa shape index (κ3) is 8.96. The summed E-state index contributed by atoms with van der Waals surface area (Å²) in [6.45, 7) is 4.55. The first-order chi connectivity index (χ1) is 10.4. The van der Waals surface area contributed by atoms with Gasteiger partial charge in [-0.25, -0.2) is 0 Å². The molecule has 0 aromatic rings. The van der Waals surface area contributed by atoms with Crippen molar-refractivity contribution in [1.82, 2.24) is 0 Å². The van der Waals surface area contributed by atoms with E-state index in [1.54, 1.807) is 0 Å². The summed E-state index contributed by atoms with van der Waals surface area (Å²) in [6.07, 6.45) is 29.1. The second kappa shape index (κ2) is 12.9. The molecule has 0 radical (unpaired) electrons. The number of allylic oxidation sites excluding steroid dienone is 6. The molecule has 1 rings (SSSR count). The molecular formula is C21H36. The lowest BCUT2D eigenvalue weighted by molar-refractivity contribution is 0.492. The number of rotatable bonds is 12. The van der Waals surface area contributed by atoms with E-state index in [0.29, 0.717) is 5.92 Å². The first-order valence-corrected chi connectivity index (χ1v) is 9.36. The highest BCUT2D eigenvalue weighted by molar-refractivity contribution is 5.11. The molecule has 0 saturated heterocycles. The molecule has 0 bridgehead atoms. The molecule has 21 heavy (non-hydrogen) atoms. The van der Waals surface area contributed by atoms with E-state index in [-0.39, 0.29) is 0 Å². The van der Waals surface area contributed by atoms with Crippen LogP contribution in [0.25, 0.3) is 0 Å². The lowest BCUT2D eigenvalue weighted by Crippen LogP contribution is -2.04. The molecule has 0 aliphatic heterocycles. The van der Waals surface area contributed by atoms with Crippen LogP contribution in [-0.4, -0.2) is 0 Å². The van der Waals surface area contributed by atoms with Crippen molar-refractivity contribution in [1.29, 1.82) is 0 Å². The van der Waals surface area contributed by atoms with E-state index in [2.05, 4.69) is 50.3 Å². The maximum absolute atomic E-state index is 2.46. The zero-order chi connectivity index (χ0) is 15.2. The van der Waals surface area contributed by atoms with Gasteiger partial charge in [-0.1, -0.05) is 82.4 Å². The van der Waals surface area contributed by atoms with E-state index in [4.69, 9.17) is 0 Å². The van der Waals surface area contributed by atoms with Gasteiger partial charge in [-0.15, -0.1) is 0 Å². The Bertz CT molecular complexity index is 308. The minimum atomic E-state index is 0.691. The van der Waals surface area contributed by atoms with Crippen molar-refractivity contribution in [2.75, 3.05) is 0 Å². The second-order valence-corrected chi connectivity index (χ2v) is 6.48. The quantitative estimate of drug-likeness (QED) is 0.262. The number of hydrogen-bond acceptors (Lipinski definition) is 0. The van der Waals surface area contributed by atoms with Crippen molar-refractivity contribution in [3.05, 3.63) is 36.5 Å². The van der Waals surface area contributed by atoms with Crippen molar-refractivity contribution in [2.24, 2.45) is 11.8 Å². The van der Waals surface area contributed by atoms with Crippen molar-refractivity contribution in [3.63, 3.8) is 0 Å². The van der Waals surface area contributed by atoms with E-state index in [1.165, 1.54) is 70.6 Å². The Morgan fingerprint density at radius 2 is 1.57 bits per heavy atom. The Kier molecular flexibility index (Phi) is 11.2. The molecule has 0 heterocycles. The van der Waals surface area contributed by atoms with Gasteiger partial charge in [0.2, 0.25) is 0 Å². The third-order valence-corrected chi connectivity index (χ3v) is 4.50. The highest BCUT2D eigenvalue weighted by atomic mass is 14.2. The number of unbranched alkanes of at least 4 members (excludes halogenated alkanes) is 7. The average Bonchev–Trinajstić information content (AvgIpc) is 2.94. The summed E-state index contributed by atoms with van der Waals surface area (Å²) >= 11 is 0. The van der Waals surface area contributed by atoms with Crippen LogP contribution < -0.4 is 0 Å². The smallest absolute Gasteiger partial charge is 0.00193 e.